The van der Waals surface area contributed by atoms with Gasteiger partial charge in [-0.2, -0.15) is 4.98 Å². The van der Waals surface area contributed by atoms with Crippen molar-refractivity contribution in [2.24, 2.45) is 0 Å². The van der Waals surface area contributed by atoms with Crippen molar-refractivity contribution in [3.05, 3.63) is 47.4 Å². The fourth-order valence-corrected chi connectivity index (χ4v) is 3.78. The van der Waals surface area contributed by atoms with E-state index in [9.17, 15) is 14.0 Å². The standard InChI is InChI=1S/C21H27FN4O3/c1-15(27)25-21(11-4-2-3-5-12-21)20-24-19(29-26-20)10-9-18(28)23-14-16-7-6-8-17(22)13-16/h6-8,13H,2-5,9-12,14H2,1H3,(H,23,28)(H,25,27). The lowest BCUT2D eigenvalue weighted by Gasteiger charge is -2.30. The number of nitrogens with one attached hydrogen (secondary N) is 2. The van der Waals surface area contributed by atoms with Crippen molar-refractivity contribution < 1.29 is 18.5 Å². The van der Waals surface area contributed by atoms with Gasteiger partial charge in [-0.05, 0) is 30.5 Å². The molecule has 1 aromatic carbocycles. The molecular weight excluding hydrogens is 375 g/mol. The molecule has 0 spiro atoms. The minimum absolute atomic E-state index is 0.116. The highest BCUT2D eigenvalue weighted by atomic mass is 19.1. The van der Waals surface area contributed by atoms with E-state index in [4.69, 9.17) is 4.52 Å². The summed E-state index contributed by atoms with van der Waals surface area (Å²) in [4.78, 5) is 28.3. The number of halogens is 1. The van der Waals surface area contributed by atoms with E-state index >= 15 is 0 Å². The zero-order valence-electron chi connectivity index (χ0n) is 16.7. The highest BCUT2D eigenvalue weighted by Crippen LogP contribution is 2.34. The Labute approximate surface area is 169 Å². The number of nitrogens with zero attached hydrogens (tertiary/aromatic N) is 2. The second-order valence-corrected chi connectivity index (χ2v) is 7.60. The number of hydrogen-bond acceptors (Lipinski definition) is 5. The molecule has 1 heterocycles. The van der Waals surface area contributed by atoms with Crippen LogP contribution in [0.3, 0.4) is 0 Å². The number of carbonyl (C=O) groups excluding carboxylic acids is 2. The van der Waals surface area contributed by atoms with Crippen molar-refractivity contribution in [1.29, 1.82) is 0 Å². The summed E-state index contributed by atoms with van der Waals surface area (Å²) in [7, 11) is 0. The third-order valence-corrected chi connectivity index (χ3v) is 5.21. The van der Waals surface area contributed by atoms with E-state index in [0.29, 0.717) is 23.7 Å². The van der Waals surface area contributed by atoms with Crippen LogP contribution in [0.4, 0.5) is 4.39 Å². The van der Waals surface area contributed by atoms with Gasteiger partial charge in [0.15, 0.2) is 5.82 Å². The van der Waals surface area contributed by atoms with E-state index in [0.717, 1.165) is 38.5 Å². The quantitative estimate of drug-likeness (QED) is 0.694. The number of rotatable bonds is 7. The third kappa shape index (κ3) is 5.85. The zero-order chi connectivity index (χ0) is 20.7. The van der Waals surface area contributed by atoms with E-state index in [2.05, 4.69) is 20.8 Å². The first-order valence-corrected chi connectivity index (χ1v) is 10.1. The minimum Gasteiger partial charge on any atom is -0.352 e. The van der Waals surface area contributed by atoms with Crippen LogP contribution in [-0.2, 0) is 28.1 Å². The minimum atomic E-state index is -0.594. The first kappa shape index (κ1) is 21.0. The summed E-state index contributed by atoms with van der Waals surface area (Å²) in [5.74, 6) is 0.233. The van der Waals surface area contributed by atoms with Gasteiger partial charge in [0, 0.05) is 26.3 Å². The van der Waals surface area contributed by atoms with E-state index in [1.807, 2.05) is 0 Å². The molecule has 1 fully saturated rings. The molecule has 8 heteroatoms. The van der Waals surface area contributed by atoms with E-state index in [-0.39, 0.29) is 30.6 Å². The SMILES string of the molecule is CC(=O)NC1(c2noc(CCC(=O)NCc3cccc(F)c3)n2)CCCCCC1. The first-order valence-electron chi connectivity index (χ1n) is 10.1. The van der Waals surface area contributed by atoms with Crippen LogP contribution in [0.5, 0.6) is 0 Å². The van der Waals surface area contributed by atoms with Crippen molar-refractivity contribution in [2.75, 3.05) is 0 Å². The Kier molecular flexibility index (Phi) is 6.95. The van der Waals surface area contributed by atoms with Gasteiger partial charge >= 0.3 is 0 Å². The Morgan fingerprint density at radius 3 is 2.66 bits per heavy atom. The summed E-state index contributed by atoms with van der Waals surface area (Å²) < 4.78 is 18.5. The third-order valence-electron chi connectivity index (χ3n) is 5.21. The Morgan fingerprint density at radius 1 is 1.21 bits per heavy atom. The molecule has 3 rings (SSSR count). The molecule has 0 unspecified atom stereocenters. The lowest BCUT2D eigenvalue weighted by atomic mass is 9.89. The van der Waals surface area contributed by atoms with Gasteiger partial charge in [-0.1, -0.05) is 43.0 Å². The van der Waals surface area contributed by atoms with Crippen molar-refractivity contribution in [3.63, 3.8) is 0 Å². The number of aromatic nitrogens is 2. The van der Waals surface area contributed by atoms with Crippen LogP contribution in [0.15, 0.2) is 28.8 Å². The maximum Gasteiger partial charge on any atom is 0.227 e. The summed E-state index contributed by atoms with van der Waals surface area (Å²) in [6, 6.07) is 6.11. The van der Waals surface area contributed by atoms with Crippen LogP contribution in [0.1, 0.15) is 69.1 Å². The molecule has 0 atom stereocenters. The highest BCUT2D eigenvalue weighted by Gasteiger charge is 2.38. The largest absolute Gasteiger partial charge is 0.352 e. The van der Waals surface area contributed by atoms with Gasteiger partial charge in [0.2, 0.25) is 17.7 Å². The number of benzene rings is 1. The molecule has 2 aromatic rings. The number of amides is 2. The molecule has 2 amide bonds. The van der Waals surface area contributed by atoms with Crippen molar-refractivity contribution in [1.82, 2.24) is 20.8 Å². The smallest absolute Gasteiger partial charge is 0.227 e. The van der Waals surface area contributed by atoms with E-state index in [1.54, 1.807) is 12.1 Å². The summed E-state index contributed by atoms with van der Waals surface area (Å²) in [6.45, 7) is 1.76. The van der Waals surface area contributed by atoms with Crippen LogP contribution >= 0.6 is 0 Å². The van der Waals surface area contributed by atoms with Crippen LogP contribution < -0.4 is 10.6 Å². The summed E-state index contributed by atoms with van der Waals surface area (Å²) in [5, 5.41) is 9.91. The molecule has 0 aliphatic heterocycles. The van der Waals surface area contributed by atoms with Gasteiger partial charge < -0.3 is 15.2 Å². The van der Waals surface area contributed by atoms with Gasteiger partial charge in [-0.3, -0.25) is 9.59 Å². The molecule has 156 valence electrons. The molecule has 0 radical (unpaired) electrons. The topological polar surface area (TPSA) is 97.1 Å². The van der Waals surface area contributed by atoms with E-state index in [1.165, 1.54) is 19.1 Å². The number of aryl methyl sites for hydroxylation is 1. The molecule has 7 nitrogen and oxygen atoms in total. The molecule has 1 aliphatic carbocycles. The maximum atomic E-state index is 13.2. The van der Waals surface area contributed by atoms with Crippen molar-refractivity contribution >= 4 is 11.8 Å². The Hall–Kier alpha value is -2.77. The summed E-state index contributed by atoms with van der Waals surface area (Å²) in [5.41, 5.74) is 0.105. The highest BCUT2D eigenvalue weighted by molar-refractivity contribution is 5.76. The predicted molar refractivity (Wildman–Crippen MR) is 104 cm³/mol. The van der Waals surface area contributed by atoms with Crippen LogP contribution in [0, 0.1) is 5.82 Å². The fraction of sp³-hybridized carbons (Fsp3) is 0.524. The van der Waals surface area contributed by atoms with Gasteiger partial charge in [0.25, 0.3) is 0 Å². The first-order chi connectivity index (χ1) is 14.0. The molecule has 1 aromatic heterocycles. The average Bonchev–Trinajstić information content (AvgIpc) is 3.05. The lowest BCUT2D eigenvalue weighted by Crippen LogP contribution is -2.45. The van der Waals surface area contributed by atoms with E-state index < -0.39 is 5.54 Å². The Bertz CT molecular complexity index is 844. The monoisotopic (exact) mass is 402 g/mol. The summed E-state index contributed by atoms with van der Waals surface area (Å²) >= 11 is 0. The van der Waals surface area contributed by atoms with Crippen LogP contribution in [0.2, 0.25) is 0 Å². The van der Waals surface area contributed by atoms with Gasteiger partial charge in [-0.25, -0.2) is 4.39 Å². The molecule has 0 bridgehead atoms. The summed E-state index contributed by atoms with van der Waals surface area (Å²) in [6.07, 6.45) is 6.27. The van der Waals surface area contributed by atoms with Gasteiger partial charge in [0.05, 0.1) is 0 Å². The molecule has 1 aliphatic rings. The second kappa shape index (κ2) is 9.62. The lowest BCUT2D eigenvalue weighted by molar-refractivity contribution is -0.122. The number of hydrogen-bond donors (Lipinski definition) is 2. The maximum absolute atomic E-state index is 13.2. The van der Waals surface area contributed by atoms with Crippen LogP contribution in [0.25, 0.3) is 0 Å². The van der Waals surface area contributed by atoms with Gasteiger partial charge in [-0.15, -0.1) is 0 Å². The molecule has 2 N–H and O–H groups in total. The Morgan fingerprint density at radius 2 is 1.97 bits per heavy atom. The van der Waals surface area contributed by atoms with Crippen molar-refractivity contribution in [2.45, 2.75) is 70.4 Å². The normalized spacial score (nSPS) is 16.1. The van der Waals surface area contributed by atoms with Gasteiger partial charge in [0.1, 0.15) is 11.4 Å². The zero-order valence-corrected chi connectivity index (χ0v) is 16.7. The fourth-order valence-electron chi connectivity index (χ4n) is 3.78. The molecule has 1 saturated carbocycles. The van der Waals surface area contributed by atoms with Crippen molar-refractivity contribution in [3.8, 4) is 0 Å². The number of carbonyl (C=O) groups is 2. The van der Waals surface area contributed by atoms with Crippen LogP contribution in [-0.4, -0.2) is 22.0 Å². The molecule has 29 heavy (non-hydrogen) atoms. The molecule has 0 saturated heterocycles. The molecular formula is C21H27FN4O3. The second-order valence-electron chi connectivity index (χ2n) is 7.60. The predicted octanol–water partition coefficient (Wildman–Crippen LogP) is 3.14. The average molecular weight is 402 g/mol. The Balaban J connectivity index is 1.57.